The van der Waals surface area contributed by atoms with E-state index in [2.05, 4.69) is 4.98 Å². The summed E-state index contributed by atoms with van der Waals surface area (Å²) in [6.45, 7) is 3.04. The maximum atomic E-state index is 13.5. The van der Waals surface area contributed by atoms with Crippen LogP contribution in [-0.2, 0) is 11.2 Å². The Morgan fingerprint density at radius 2 is 2.39 bits per heavy atom. The largest absolute Gasteiger partial charge is 0.465 e. The molecule has 122 valence electrons. The molecule has 1 saturated heterocycles. The molecule has 0 bridgehead atoms. The molecule has 23 heavy (non-hydrogen) atoms. The lowest BCUT2D eigenvalue weighted by Gasteiger charge is -2.16. The van der Waals surface area contributed by atoms with Gasteiger partial charge in [-0.25, -0.2) is 9.37 Å². The second kappa shape index (κ2) is 7.08. The van der Waals surface area contributed by atoms with Gasteiger partial charge in [-0.1, -0.05) is 23.5 Å². The Labute approximate surface area is 138 Å². The van der Waals surface area contributed by atoms with Crippen LogP contribution >= 0.6 is 11.3 Å². The second-order valence-electron chi connectivity index (χ2n) is 5.75. The van der Waals surface area contributed by atoms with Crippen LogP contribution in [0.4, 0.5) is 4.39 Å². The zero-order valence-electron chi connectivity index (χ0n) is 13.0. The van der Waals surface area contributed by atoms with E-state index in [1.54, 1.807) is 19.2 Å². The van der Waals surface area contributed by atoms with Crippen molar-refractivity contribution in [3.8, 4) is 5.19 Å². The minimum Gasteiger partial charge on any atom is -0.465 e. The summed E-state index contributed by atoms with van der Waals surface area (Å²) in [5, 5.41) is 2.52. The van der Waals surface area contributed by atoms with Crippen molar-refractivity contribution in [1.29, 1.82) is 0 Å². The van der Waals surface area contributed by atoms with Gasteiger partial charge in [0.15, 0.2) is 0 Å². The molecule has 1 aliphatic rings. The molecule has 1 aromatic carbocycles. The molecule has 4 nitrogen and oxygen atoms in total. The summed E-state index contributed by atoms with van der Waals surface area (Å²) in [6.07, 6.45) is 3.50. The van der Waals surface area contributed by atoms with Crippen LogP contribution in [0.15, 0.2) is 29.8 Å². The standard InChI is InChI=1S/C17H19FN2O2S/c1-12-2-3-13(10-15(12)18)4-5-16(21)20-8-6-14(11-20)22-17-19-7-9-23-17/h2-3,7,9-10,14H,4-6,8,11H2,1H3. The minimum absolute atomic E-state index is 0.0157. The Morgan fingerprint density at radius 1 is 1.52 bits per heavy atom. The Hall–Kier alpha value is -1.95. The normalized spacial score (nSPS) is 17.5. The maximum Gasteiger partial charge on any atom is 0.273 e. The lowest BCUT2D eigenvalue weighted by Crippen LogP contribution is -2.31. The van der Waals surface area contributed by atoms with E-state index < -0.39 is 0 Å². The molecular weight excluding hydrogens is 315 g/mol. The Bertz CT molecular complexity index is 675. The number of amides is 1. The third kappa shape index (κ3) is 4.07. The van der Waals surface area contributed by atoms with Crippen molar-refractivity contribution >= 4 is 17.2 Å². The molecular formula is C17H19FN2O2S. The molecule has 3 rings (SSSR count). The van der Waals surface area contributed by atoms with Crippen LogP contribution in [-0.4, -0.2) is 35.0 Å². The van der Waals surface area contributed by atoms with Crippen LogP contribution in [0.25, 0.3) is 0 Å². The van der Waals surface area contributed by atoms with Gasteiger partial charge in [-0.2, -0.15) is 0 Å². The molecule has 1 atom stereocenters. The monoisotopic (exact) mass is 334 g/mol. The summed E-state index contributed by atoms with van der Waals surface area (Å²) in [7, 11) is 0. The highest BCUT2D eigenvalue weighted by molar-refractivity contribution is 7.11. The van der Waals surface area contributed by atoms with E-state index in [0.717, 1.165) is 12.0 Å². The zero-order valence-corrected chi connectivity index (χ0v) is 13.8. The van der Waals surface area contributed by atoms with Crippen LogP contribution in [0.1, 0.15) is 24.0 Å². The van der Waals surface area contributed by atoms with Gasteiger partial charge in [0.2, 0.25) is 5.91 Å². The van der Waals surface area contributed by atoms with Gasteiger partial charge in [-0.05, 0) is 30.5 Å². The molecule has 6 heteroatoms. The SMILES string of the molecule is Cc1ccc(CCC(=O)N2CCC(Oc3nccs3)C2)cc1F. The molecule has 0 spiro atoms. The van der Waals surface area contributed by atoms with Crippen molar-refractivity contribution in [3.05, 3.63) is 46.7 Å². The van der Waals surface area contributed by atoms with Crippen LogP contribution in [0.2, 0.25) is 0 Å². The van der Waals surface area contributed by atoms with Crippen molar-refractivity contribution in [2.24, 2.45) is 0 Å². The summed E-state index contributed by atoms with van der Waals surface area (Å²) in [5.41, 5.74) is 1.48. The number of likely N-dealkylation sites (tertiary alicyclic amines) is 1. The fraction of sp³-hybridized carbons (Fsp3) is 0.412. The van der Waals surface area contributed by atoms with Gasteiger partial charge in [-0.3, -0.25) is 4.79 Å². The number of nitrogens with zero attached hydrogens (tertiary/aromatic N) is 2. The molecule has 1 unspecified atom stereocenters. The zero-order chi connectivity index (χ0) is 16.2. The highest BCUT2D eigenvalue weighted by Gasteiger charge is 2.27. The van der Waals surface area contributed by atoms with E-state index in [0.29, 0.717) is 36.7 Å². The summed E-state index contributed by atoms with van der Waals surface area (Å²) in [4.78, 5) is 18.2. The van der Waals surface area contributed by atoms with E-state index in [9.17, 15) is 9.18 Å². The van der Waals surface area contributed by atoms with E-state index in [-0.39, 0.29) is 17.8 Å². The molecule has 1 aromatic heterocycles. The predicted octanol–water partition coefficient (Wildman–Crippen LogP) is 3.20. The number of thiazole rings is 1. The average molecular weight is 334 g/mol. The number of hydrogen-bond donors (Lipinski definition) is 0. The Balaban J connectivity index is 1.48. The highest BCUT2D eigenvalue weighted by Crippen LogP contribution is 2.21. The average Bonchev–Trinajstić information content (AvgIpc) is 3.20. The van der Waals surface area contributed by atoms with E-state index in [4.69, 9.17) is 4.74 Å². The van der Waals surface area contributed by atoms with E-state index in [1.807, 2.05) is 16.3 Å². The number of halogens is 1. The minimum atomic E-state index is -0.215. The van der Waals surface area contributed by atoms with Crippen LogP contribution < -0.4 is 4.74 Å². The number of hydrogen-bond acceptors (Lipinski definition) is 4. The number of benzene rings is 1. The first-order valence-corrected chi connectivity index (χ1v) is 8.59. The molecule has 1 aliphatic heterocycles. The summed E-state index contributed by atoms with van der Waals surface area (Å²) >= 11 is 1.46. The van der Waals surface area contributed by atoms with E-state index in [1.165, 1.54) is 17.4 Å². The lowest BCUT2D eigenvalue weighted by molar-refractivity contribution is -0.130. The van der Waals surface area contributed by atoms with Crippen LogP contribution in [0.5, 0.6) is 5.19 Å². The fourth-order valence-electron chi connectivity index (χ4n) is 2.66. The number of aryl methyl sites for hydroxylation is 2. The topological polar surface area (TPSA) is 42.4 Å². The first kappa shape index (κ1) is 15.9. The van der Waals surface area contributed by atoms with Crippen molar-refractivity contribution in [2.75, 3.05) is 13.1 Å². The highest BCUT2D eigenvalue weighted by atomic mass is 32.1. The molecule has 0 N–H and O–H groups in total. The van der Waals surface area contributed by atoms with Crippen molar-refractivity contribution in [1.82, 2.24) is 9.88 Å². The van der Waals surface area contributed by atoms with Gasteiger partial charge in [0.25, 0.3) is 5.19 Å². The molecule has 2 heterocycles. The number of carbonyl (C=O) groups is 1. The first-order chi connectivity index (χ1) is 11.1. The first-order valence-electron chi connectivity index (χ1n) is 7.71. The van der Waals surface area contributed by atoms with E-state index >= 15 is 0 Å². The Morgan fingerprint density at radius 3 is 3.13 bits per heavy atom. The lowest BCUT2D eigenvalue weighted by atomic mass is 10.1. The van der Waals surface area contributed by atoms with Crippen LogP contribution in [0.3, 0.4) is 0 Å². The quantitative estimate of drug-likeness (QED) is 0.843. The molecule has 0 aliphatic carbocycles. The molecule has 0 radical (unpaired) electrons. The summed E-state index contributed by atoms with van der Waals surface area (Å²) < 4.78 is 19.3. The third-order valence-corrected chi connectivity index (χ3v) is 4.70. The van der Waals surface area contributed by atoms with Gasteiger partial charge in [0.05, 0.1) is 6.54 Å². The molecule has 2 aromatic rings. The number of ether oxygens (including phenoxy) is 1. The predicted molar refractivity (Wildman–Crippen MR) is 87.2 cm³/mol. The smallest absolute Gasteiger partial charge is 0.273 e. The molecule has 0 saturated carbocycles. The summed E-state index contributed by atoms with van der Waals surface area (Å²) in [5.74, 6) is -0.121. The van der Waals surface area contributed by atoms with Crippen molar-refractivity contribution in [2.45, 2.75) is 32.3 Å². The maximum absolute atomic E-state index is 13.5. The van der Waals surface area contributed by atoms with Crippen molar-refractivity contribution in [3.63, 3.8) is 0 Å². The second-order valence-corrected chi connectivity index (χ2v) is 6.61. The fourth-order valence-corrected chi connectivity index (χ4v) is 3.21. The number of rotatable bonds is 5. The molecule has 1 amide bonds. The van der Waals surface area contributed by atoms with Gasteiger partial charge in [-0.15, -0.1) is 0 Å². The van der Waals surface area contributed by atoms with Gasteiger partial charge < -0.3 is 9.64 Å². The number of aromatic nitrogens is 1. The van der Waals surface area contributed by atoms with Gasteiger partial charge >= 0.3 is 0 Å². The van der Waals surface area contributed by atoms with Crippen LogP contribution in [0, 0.1) is 12.7 Å². The van der Waals surface area contributed by atoms with Crippen molar-refractivity contribution < 1.29 is 13.9 Å². The summed E-state index contributed by atoms with van der Waals surface area (Å²) in [6, 6.07) is 5.15. The molecule has 1 fully saturated rings. The number of carbonyl (C=O) groups excluding carboxylic acids is 1. The third-order valence-electron chi connectivity index (χ3n) is 4.04. The van der Waals surface area contributed by atoms with Gasteiger partial charge in [0.1, 0.15) is 11.9 Å². The van der Waals surface area contributed by atoms with Gasteiger partial charge in [0, 0.05) is 31.0 Å². The Kier molecular flexibility index (Phi) is 4.91.